The number of nitrogens with zero attached hydrogens (tertiary/aromatic N) is 5. The third kappa shape index (κ3) is 5.71. The van der Waals surface area contributed by atoms with E-state index in [1.807, 2.05) is 4.98 Å². The van der Waals surface area contributed by atoms with Crippen LogP contribution in [0.15, 0.2) is 34.5 Å². The van der Waals surface area contributed by atoms with Crippen LogP contribution in [-0.4, -0.2) is 91.0 Å². The predicted molar refractivity (Wildman–Crippen MR) is 141 cm³/mol. The molecule has 3 aromatic heterocycles. The van der Waals surface area contributed by atoms with E-state index >= 15 is 8.78 Å². The van der Waals surface area contributed by atoms with E-state index in [0.29, 0.717) is 0 Å². The van der Waals surface area contributed by atoms with Crippen molar-refractivity contribution in [3.8, 4) is 0 Å². The first-order chi connectivity index (χ1) is 20.4. The van der Waals surface area contributed by atoms with Gasteiger partial charge in [0.1, 0.15) is 36.3 Å². The lowest BCUT2D eigenvalue weighted by atomic mass is 10.1. The summed E-state index contributed by atoms with van der Waals surface area (Å²) in [6.45, 7) is -5.85. The number of halogens is 2. The van der Waals surface area contributed by atoms with Gasteiger partial charge in [-0.2, -0.15) is 0 Å². The summed E-state index contributed by atoms with van der Waals surface area (Å²) >= 11 is 5.07. The molecular weight excluding hydrogens is 646 g/mol. The lowest BCUT2D eigenvalue weighted by molar-refractivity contribution is -0.0677. The molecule has 2 bridgehead atoms. The van der Waals surface area contributed by atoms with Crippen LogP contribution < -0.4 is 17.0 Å². The lowest BCUT2D eigenvalue weighted by Crippen LogP contribution is -2.38. The van der Waals surface area contributed by atoms with Crippen LogP contribution in [0.5, 0.6) is 0 Å². The summed E-state index contributed by atoms with van der Waals surface area (Å²) in [4.78, 5) is 48.8. The van der Waals surface area contributed by atoms with Crippen molar-refractivity contribution in [1.82, 2.24) is 29.1 Å². The Morgan fingerprint density at radius 1 is 1.07 bits per heavy atom. The fraction of sp³-hybridized carbons (Fsp3) is 0.550. The van der Waals surface area contributed by atoms with Crippen molar-refractivity contribution in [3.05, 3.63) is 45.8 Å². The number of aromatic amines is 1. The van der Waals surface area contributed by atoms with Gasteiger partial charge in [0, 0.05) is 19.4 Å². The zero-order chi connectivity index (χ0) is 30.7. The summed E-state index contributed by atoms with van der Waals surface area (Å²) in [5.41, 5.74) is 4.37. The smallest absolute Gasteiger partial charge is 0.382 e. The molecule has 2 unspecified atom stereocenters. The van der Waals surface area contributed by atoms with Crippen LogP contribution in [0.1, 0.15) is 12.5 Å². The molecule has 234 valence electrons. The van der Waals surface area contributed by atoms with Gasteiger partial charge in [-0.05, 0) is 11.8 Å². The van der Waals surface area contributed by atoms with E-state index in [0.717, 1.165) is 30.3 Å². The average molecular weight is 669 g/mol. The molecule has 0 radical (unpaired) electrons. The molecule has 6 heterocycles. The Hall–Kier alpha value is -2.55. The number of aromatic nitrogens is 6. The summed E-state index contributed by atoms with van der Waals surface area (Å²) in [7, 11) is -3.75. The molecule has 3 saturated heterocycles. The Bertz CT molecular complexity index is 1740. The third-order valence-corrected chi connectivity index (χ3v) is 9.82. The standard InChI is InChI=1S/C20H23F2N7O11P2S/c1-34-41(32)35-5-9-14(12(22)18(38-9)29-7-26-13-16(23)24-6-25-17(13)29)40-42(33,43)36-4-8-11(21)15(39-41)19(37-8)28-3-2-10(30)27-20(28)31/h2-3,6-9,11-12,14-15,18-19H,4-5H2,1H3,(H,33,43)(H2,23,24,25)(H,27,30,31)/t8-,9-,11-,12-,14-,15-,18-,19-,41?,42?/m1/s1. The maximum absolute atomic E-state index is 16.0. The van der Waals surface area contributed by atoms with E-state index in [9.17, 15) is 19.0 Å². The van der Waals surface area contributed by atoms with Crippen molar-refractivity contribution in [3.63, 3.8) is 0 Å². The number of rotatable bonds is 3. The van der Waals surface area contributed by atoms with Crippen LogP contribution in [0.25, 0.3) is 11.2 Å². The number of hydrogen-bond acceptors (Lipinski definition) is 15. The minimum Gasteiger partial charge on any atom is -0.382 e. The van der Waals surface area contributed by atoms with Crippen LogP contribution in [0.2, 0.25) is 0 Å². The summed E-state index contributed by atoms with van der Waals surface area (Å²) in [5.74, 6) is 0.0298. The maximum atomic E-state index is 16.0. The number of ether oxygens (including phenoxy) is 2. The first-order valence-electron chi connectivity index (χ1n) is 12.4. The first kappa shape index (κ1) is 30.5. The fourth-order valence-corrected chi connectivity index (χ4v) is 7.36. The van der Waals surface area contributed by atoms with E-state index in [4.69, 9.17) is 49.6 Å². The zero-order valence-corrected chi connectivity index (χ0v) is 24.3. The van der Waals surface area contributed by atoms with E-state index < -0.39 is 88.2 Å². The van der Waals surface area contributed by atoms with Gasteiger partial charge in [0.25, 0.3) is 5.56 Å². The topological polar surface area (TPSA) is 226 Å². The number of hydrogen-bond donors (Lipinski definition) is 3. The average Bonchev–Trinajstić information content (AvgIpc) is 3.61. The number of phosphoric acid groups is 1. The Morgan fingerprint density at radius 3 is 2.56 bits per heavy atom. The number of fused-ring (bicyclic) bond motifs is 4. The molecule has 4 N–H and O–H groups in total. The Kier molecular flexibility index (Phi) is 8.10. The maximum Gasteiger partial charge on any atom is 0.475 e. The number of phosphoric ester groups is 1. The lowest BCUT2D eigenvalue weighted by Gasteiger charge is -2.27. The molecule has 6 rings (SSSR count). The molecule has 0 aliphatic carbocycles. The monoisotopic (exact) mass is 669 g/mol. The van der Waals surface area contributed by atoms with Crippen LogP contribution in [0, 0.1) is 0 Å². The molecule has 23 heteroatoms. The van der Waals surface area contributed by atoms with Crippen molar-refractivity contribution in [2.24, 2.45) is 0 Å². The van der Waals surface area contributed by atoms with Crippen molar-refractivity contribution in [2.45, 2.75) is 49.2 Å². The number of nitrogen functional groups attached to an aromatic ring is 1. The molecule has 3 aromatic rings. The summed E-state index contributed by atoms with van der Waals surface area (Å²) in [5, 5.41) is 0. The van der Waals surface area contributed by atoms with Crippen molar-refractivity contribution in [2.75, 3.05) is 26.1 Å². The van der Waals surface area contributed by atoms with Crippen LogP contribution >= 0.6 is 14.5 Å². The van der Waals surface area contributed by atoms with Gasteiger partial charge in [-0.1, -0.05) is 0 Å². The molecule has 3 fully saturated rings. The molecule has 0 amide bonds. The molecule has 0 spiro atoms. The van der Waals surface area contributed by atoms with Gasteiger partial charge < -0.3 is 24.6 Å². The number of nitrogens with one attached hydrogen (secondary N) is 1. The van der Waals surface area contributed by atoms with Crippen LogP contribution in [0.4, 0.5) is 14.6 Å². The number of imidazole rings is 1. The second-order valence-corrected chi connectivity index (χ2v) is 14.0. The van der Waals surface area contributed by atoms with E-state index in [-0.39, 0.29) is 17.0 Å². The number of H-pyrrole nitrogens is 1. The largest absolute Gasteiger partial charge is 0.475 e. The van der Waals surface area contributed by atoms with Gasteiger partial charge in [-0.15, -0.1) is 0 Å². The van der Waals surface area contributed by atoms with Gasteiger partial charge in [0.05, 0.1) is 19.5 Å². The first-order valence-corrected chi connectivity index (χ1v) is 16.4. The third-order valence-electron chi connectivity index (χ3n) is 6.85. The Labute approximate surface area is 243 Å². The highest BCUT2D eigenvalue weighted by Gasteiger charge is 2.54. The minimum absolute atomic E-state index is 0.0298. The highest BCUT2D eigenvalue weighted by Crippen LogP contribution is 2.56. The zero-order valence-electron chi connectivity index (χ0n) is 21.7. The fourth-order valence-electron chi connectivity index (χ4n) is 4.82. The van der Waals surface area contributed by atoms with Crippen molar-refractivity contribution < 1.29 is 50.3 Å². The van der Waals surface area contributed by atoms with Gasteiger partial charge in [-0.3, -0.25) is 37.0 Å². The molecule has 3 aliphatic rings. The second-order valence-electron chi connectivity index (χ2n) is 9.45. The summed E-state index contributed by atoms with van der Waals surface area (Å²) in [6, 6.07) is 0.968. The second kappa shape index (κ2) is 11.4. The molecule has 0 aromatic carbocycles. The normalized spacial score (nSPS) is 38.7. The van der Waals surface area contributed by atoms with Gasteiger partial charge in [0.2, 0.25) is 0 Å². The highest BCUT2D eigenvalue weighted by atomic mass is 32.5. The molecular formula is C20H23F2N7O11P2S. The highest BCUT2D eigenvalue weighted by molar-refractivity contribution is 8.07. The number of alkyl halides is 2. The number of anilines is 1. The predicted octanol–water partition coefficient (Wildman–Crippen LogP) is 0.218. The van der Waals surface area contributed by atoms with Crippen LogP contribution in [-0.2, 0) is 48.5 Å². The van der Waals surface area contributed by atoms with Gasteiger partial charge in [-0.25, -0.2) is 33.1 Å². The summed E-state index contributed by atoms with van der Waals surface area (Å²) < 4.78 is 85.1. The minimum atomic E-state index is -4.69. The van der Waals surface area contributed by atoms with Crippen LogP contribution in [0.3, 0.4) is 0 Å². The Balaban J connectivity index is 1.33. The van der Waals surface area contributed by atoms with E-state index in [1.165, 1.54) is 10.9 Å². The van der Waals surface area contributed by atoms with E-state index in [2.05, 4.69) is 15.0 Å². The van der Waals surface area contributed by atoms with Gasteiger partial charge >= 0.3 is 20.2 Å². The van der Waals surface area contributed by atoms with Crippen molar-refractivity contribution >= 4 is 43.3 Å². The number of nitrogens with two attached hydrogens (primary N) is 1. The molecule has 18 nitrogen and oxygen atoms in total. The SMILES string of the molecule is COP1(=O)OC[C@H]2O[C@@H](n3cnc4c(N)ncnc43)[C@H](F)[C@@H]2OP(O)(=S)OC[C@H]2O[C@@H](n3ccc(=O)[nH]c3=O)[C@H](O1)[C@@H]2F. The quantitative estimate of drug-likeness (QED) is 0.317. The van der Waals surface area contributed by atoms with Crippen molar-refractivity contribution in [1.29, 1.82) is 0 Å². The molecule has 3 aliphatic heterocycles. The molecule has 10 atom stereocenters. The van der Waals surface area contributed by atoms with E-state index in [1.54, 1.807) is 0 Å². The molecule has 0 saturated carbocycles. The molecule has 43 heavy (non-hydrogen) atoms. The Morgan fingerprint density at radius 2 is 1.81 bits per heavy atom. The van der Waals surface area contributed by atoms with Gasteiger partial charge in [0.15, 0.2) is 36.3 Å². The summed E-state index contributed by atoms with van der Waals surface area (Å²) in [6.07, 6.45) is -10.5.